The second-order valence-electron chi connectivity index (χ2n) is 5.68. The van der Waals surface area contributed by atoms with Gasteiger partial charge in [0.2, 0.25) is 5.91 Å². The number of amides is 1. The number of nitrogens with two attached hydrogens (primary N) is 1. The maximum Gasteiger partial charge on any atom is 0.222 e. The fraction of sp³-hybridized carbons (Fsp3) is 0.643. The molecule has 110 valence electrons. The number of carbonyl (C=O) groups is 1. The lowest BCUT2D eigenvalue weighted by atomic mass is 9.89. The topological polar surface area (TPSA) is 84.1 Å². The van der Waals surface area contributed by atoms with Gasteiger partial charge in [0.25, 0.3) is 0 Å². The SMILES string of the molecule is CC(C)C1CCC(=O)N(Cc2cnc(NN)cn2)CC1. The summed E-state index contributed by atoms with van der Waals surface area (Å²) in [5.41, 5.74) is 3.23. The van der Waals surface area contributed by atoms with Gasteiger partial charge in [-0.15, -0.1) is 0 Å². The minimum absolute atomic E-state index is 0.218. The molecule has 1 aliphatic heterocycles. The zero-order valence-electron chi connectivity index (χ0n) is 12.2. The van der Waals surface area contributed by atoms with Gasteiger partial charge in [-0.25, -0.2) is 10.8 Å². The number of rotatable bonds is 4. The van der Waals surface area contributed by atoms with E-state index in [2.05, 4.69) is 29.2 Å². The summed E-state index contributed by atoms with van der Waals surface area (Å²) in [7, 11) is 0. The molecule has 0 saturated carbocycles. The van der Waals surface area contributed by atoms with Gasteiger partial charge in [0.15, 0.2) is 5.82 Å². The largest absolute Gasteiger partial charge is 0.337 e. The van der Waals surface area contributed by atoms with Crippen molar-refractivity contribution in [2.24, 2.45) is 17.7 Å². The molecule has 0 radical (unpaired) electrons. The van der Waals surface area contributed by atoms with Crippen molar-refractivity contribution < 1.29 is 4.79 Å². The Morgan fingerprint density at radius 1 is 1.40 bits per heavy atom. The normalized spacial score (nSPS) is 20.1. The quantitative estimate of drug-likeness (QED) is 0.644. The van der Waals surface area contributed by atoms with Crippen LogP contribution >= 0.6 is 0 Å². The molecule has 1 saturated heterocycles. The van der Waals surface area contributed by atoms with Crippen molar-refractivity contribution in [1.82, 2.24) is 14.9 Å². The van der Waals surface area contributed by atoms with E-state index in [-0.39, 0.29) is 5.91 Å². The first-order chi connectivity index (χ1) is 9.60. The van der Waals surface area contributed by atoms with E-state index < -0.39 is 0 Å². The molecular formula is C14H23N5O. The van der Waals surface area contributed by atoms with Crippen molar-refractivity contribution >= 4 is 11.7 Å². The second kappa shape index (κ2) is 6.65. The molecule has 1 aromatic heterocycles. The van der Waals surface area contributed by atoms with Crippen molar-refractivity contribution in [2.45, 2.75) is 39.7 Å². The number of nitrogens with zero attached hydrogens (tertiary/aromatic N) is 3. The molecule has 6 nitrogen and oxygen atoms in total. The number of hydrogen-bond donors (Lipinski definition) is 2. The Hall–Kier alpha value is -1.69. The molecular weight excluding hydrogens is 254 g/mol. The van der Waals surface area contributed by atoms with Gasteiger partial charge in [0.05, 0.1) is 24.6 Å². The van der Waals surface area contributed by atoms with E-state index in [1.165, 1.54) is 0 Å². The minimum Gasteiger partial charge on any atom is -0.337 e. The van der Waals surface area contributed by atoms with Crippen molar-refractivity contribution in [2.75, 3.05) is 12.0 Å². The van der Waals surface area contributed by atoms with Gasteiger partial charge in [-0.1, -0.05) is 13.8 Å². The summed E-state index contributed by atoms with van der Waals surface area (Å²) in [6.07, 6.45) is 5.94. The molecule has 1 unspecified atom stereocenters. The summed E-state index contributed by atoms with van der Waals surface area (Å²) in [5, 5.41) is 0. The predicted molar refractivity (Wildman–Crippen MR) is 77.4 cm³/mol. The predicted octanol–water partition coefficient (Wildman–Crippen LogP) is 1.55. The lowest BCUT2D eigenvalue weighted by Crippen LogP contribution is -2.30. The first kappa shape index (κ1) is 14.7. The molecule has 2 rings (SSSR count). The Morgan fingerprint density at radius 2 is 2.20 bits per heavy atom. The average Bonchev–Trinajstić information content (AvgIpc) is 2.63. The highest BCUT2D eigenvalue weighted by Crippen LogP contribution is 2.25. The molecule has 1 aliphatic rings. The zero-order valence-corrected chi connectivity index (χ0v) is 12.2. The fourth-order valence-electron chi connectivity index (χ4n) is 2.60. The van der Waals surface area contributed by atoms with E-state index >= 15 is 0 Å². The van der Waals surface area contributed by atoms with Crippen LogP contribution < -0.4 is 11.3 Å². The molecule has 6 heteroatoms. The smallest absolute Gasteiger partial charge is 0.222 e. The van der Waals surface area contributed by atoms with Gasteiger partial charge < -0.3 is 10.3 Å². The zero-order chi connectivity index (χ0) is 14.5. The van der Waals surface area contributed by atoms with Gasteiger partial charge in [-0.05, 0) is 24.7 Å². The van der Waals surface area contributed by atoms with E-state index in [1.54, 1.807) is 12.4 Å². The van der Waals surface area contributed by atoms with E-state index in [0.717, 1.165) is 25.1 Å². The summed E-state index contributed by atoms with van der Waals surface area (Å²) in [6.45, 7) is 5.80. The number of hydrogen-bond acceptors (Lipinski definition) is 5. The Labute approximate surface area is 119 Å². The number of carbonyl (C=O) groups excluding carboxylic acids is 1. The molecule has 0 bridgehead atoms. The van der Waals surface area contributed by atoms with Crippen LogP contribution in [0.25, 0.3) is 0 Å². The Kier molecular flexibility index (Phi) is 4.89. The Balaban J connectivity index is 1.98. The number of likely N-dealkylation sites (tertiary alicyclic amines) is 1. The summed E-state index contributed by atoms with van der Waals surface area (Å²) in [6, 6.07) is 0. The third-order valence-electron chi connectivity index (χ3n) is 4.00. The molecule has 1 fully saturated rings. The van der Waals surface area contributed by atoms with Gasteiger partial charge in [0, 0.05) is 13.0 Å². The van der Waals surface area contributed by atoms with Crippen LogP contribution in [0.5, 0.6) is 0 Å². The highest BCUT2D eigenvalue weighted by atomic mass is 16.2. The number of nitrogens with one attached hydrogen (secondary N) is 1. The van der Waals surface area contributed by atoms with Crippen LogP contribution in [-0.4, -0.2) is 27.3 Å². The van der Waals surface area contributed by atoms with Crippen LogP contribution in [-0.2, 0) is 11.3 Å². The van der Waals surface area contributed by atoms with E-state index in [0.29, 0.717) is 30.6 Å². The van der Waals surface area contributed by atoms with E-state index in [4.69, 9.17) is 5.84 Å². The molecule has 2 heterocycles. The molecule has 1 amide bonds. The first-order valence-electron chi connectivity index (χ1n) is 7.15. The molecule has 3 N–H and O–H groups in total. The second-order valence-corrected chi connectivity index (χ2v) is 5.68. The maximum absolute atomic E-state index is 12.2. The summed E-state index contributed by atoms with van der Waals surface area (Å²) in [5.74, 6) is 7.27. The molecule has 1 atom stereocenters. The molecule has 0 aromatic carbocycles. The van der Waals surface area contributed by atoms with Crippen LogP contribution in [0.15, 0.2) is 12.4 Å². The highest BCUT2D eigenvalue weighted by molar-refractivity contribution is 5.76. The standard InChI is InChI=1S/C14H23N5O/c1-10(2)11-3-4-14(20)19(6-5-11)9-12-7-17-13(18-15)8-16-12/h7-8,10-11H,3-6,9,15H2,1-2H3,(H,17,18). The van der Waals surface area contributed by atoms with E-state index in [9.17, 15) is 4.79 Å². The summed E-state index contributed by atoms with van der Waals surface area (Å²) < 4.78 is 0. The lowest BCUT2D eigenvalue weighted by molar-refractivity contribution is -0.131. The van der Waals surface area contributed by atoms with Crippen LogP contribution in [0.2, 0.25) is 0 Å². The van der Waals surface area contributed by atoms with Gasteiger partial charge in [-0.3, -0.25) is 9.78 Å². The maximum atomic E-state index is 12.2. The first-order valence-corrected chi connectivity index (χ1v) is 7.15. The number of hydrazine groups is 1. The molecule has 1 aromatic rings. The number of nitrogen functional groups attached to an aromatic ring is 1. The Morgan fingerprint density at radius 3 is 2.80 bits per heavy atom. The Bertz CT molecular complexity index is 445. The van der Waals surface area contributed by atoms with Crippen LogP contribution in [0, 0.1) is 11.8 Å². The molecule has 0 aliphatic carbocycles. The van der Waals surface area contributed by atoms with Crippen LogP contribution in [0.3, 0.4) is 0 Å². The van der Waals surface area contributed by atoms with Gasteiger partial charge in [0.1, 0.15) is 0 Å². The minimum atomic E-state index is 0.218. The van der Waals surface area contributed by atoms with E-state index in [1.807, 2.05) is 4.90 Å². The van der Waals surface area contributed by atoms with Crippen molar-refractivity contribution in [3.63, 3.8) is 0 Å². The van der Waals surface area contributed by atoms with Crippen molar-refractivity contribution in [1.29, 1.82) is 0 Å². The van der Waals surface area contributed by atoms with Gasteiger partial charge >= 0.3 is 0 Å². The number of anilines is 1. The van der Waals surface area contributed by atoms with Crippen LogP contribution in [0.1, 0.15) is 38.8 Å². The fourth-order valence-corrected chi connectivity index (χ4v) is 2.60. The molecule has 20 heavy (non-hydrogen) atoms. The third-order valence-corrected chi connectivity index (χ3v) is 4.00. The summed E-state index contributed by atoms with van der Waals surface area (Å²) >= 11 is 0. The average molecular weight is 277 g/mol. The monoisotopic (exact) mass is 277 g/mol. The van der Waals surface area contributed by atoms with Gasteiger partial charge in [-0.2, -0.15) is 0 Å². The van der Waals surface area contributed by atoms with Crippen LogP contribution in [0.4, 0.5) is 5.82 Å². The lowest BCUT2D eigenvalue weighted by Gasteiger charge is -2.21. The summed E-state index contributed by atoms with van der Waals surface area (Å²) in [4.78, 5) is 22.4. The van der Waals surface area contributed by atoms with Crippen molar-refractivity contribution in [3.8, 4) is 0 Å². The third kappa shape index (κ3) is 3.66. The molecule has 0 spiro atoms. The number of aromatic nitrogens is 2. The van der Waals surface area contributed by atoms with Crippen molar-refractivity contribution in [3.05, 3.63) is 18.1 Å². The highest BCUT2D eigenvalue weighted by Gasteiger charge is 2.24.